The van der Waals surface area contributed by atoms with Crippen molar-refractivity contribution in [1.82, 2.24) is 0 Å². The van der Waals surface area contributed by atoms with E-state index in [1.54, 1.807) is 33.3 Å². The summed E-state index contributed by atoms with van der Waals surface area (Å²) in [5.74, 6) is -0.312. The van der Waals surface area contributed by atoms with Gasteiger partial charge in [0.25, 0.3) is 0 Å². The molecule has 36 heavy (non-hydrogen) atoms. The van der Waals surface area contributed by atoms with Crippen molar-refractivity contribution in [3.05, 3.63) is 58.8 Å². The van der Waals surface area contributed by atoms with Crippen molar-refractivity contribution >= 4 is 17.5 Å². The Morgan fingerprint density at radius 1 is 0.972 bits per heavy atom. The molecule has 2 aromatic carbocycles. The van der Waals surface area contributed by atoms with Crippen molar-refractivity contribution in [2.24, 2.45) is 10.9 Å². The molecule has 1 saturated carbocycles. The summed E-state index contributed by atoms with van der Waals surface area (Å²) in [4.78, 5) is 31.3. The number of allylic oxidation sites excluding steroid dienone is 1. The molecule has 8 heteroatoms. The molecule has 0 aromatic heterocycles. The quantitative estimate of drug-likeness (QED) is 0.564. The summed E-state index contributed by atoms with van der Waals surface area (Å²) in [6.07, 6.45) is 0.851. The van der Waals surface area contributed by atoms with Gasteiger partial charge in [0.05, 0.1) is 39.4 Å². The Bertz CT molecular complexity index is 1250. The van der Waals surface area contributed by atoms with Gasteiger partial charge in [-0.3, -0.25) is 9.79 Å². The molecule has 0 radical (unpaired) electrons. The number of rotatable bonds is 7. The van der Waals surface area contributed by atoms with E-state index in [0.717, 1.165) is 11.3 Å². The van der Waals surface area contributed by atoms with E-state index >= 15 is 0 Å². The largest absolute Gasteiger partial charge is 0.504 e. The summed E-state index contributed by atoms with van der Waals surface area (Å²) >= 11 is 0. The summed E-state index contributed by atoms with van der Waals surface area (Å²) in [6, 6.07) is 10.6. The molecule has 3 atom stereocenters. The van der Waals surface area contributed by atoms with Gasteiger partial charge < -0.3 is 24.1 Å². The average molecular weight is 494 g/mol. The number of ether oxygens (including phenoxy) is 4. The molecule has 2 aliphatic rings. The predicted molar refractivity (Wildman–Crippen MR) is 134 cm³/mol. The standard InChI is InChI=1S/C28H31NO7/c1-6-36-23-14-17(7-9-20(23)30)26-25(28(32)35-5)15(2)29-19-11-18(12-21(31)27(19)26)16-8-10-22(33-3)24(13-16)34-4/h7-10,13-14,18,26-27,30H,6,11-12H2,1-5H3/t18-,26-,27?/m0/s1. The molecule has 0 amide bonds. The van der Waals surface area contributed by atoms with E-state index in [2.05, 4.69) is 0 Å². The topological polar surface area (TPSA) is 104 Å². The van der Waals surface area contributed by atoms with Crippen molar-refractivity contribution in [1.29, 1.82) is 0 Å². The van der Waals surface area contributed by atoms with E-state index in [1.165, 1.54) is 13.2 Å². The molecule has 0 bridgehead atoms. The number of hydrogen-bond acceptors (Lipinski definition) is 8. The summed E-state index contributed by atoms with van der Waals surface area (Å²) < 4.78 is 21.5. The van der Waals surface area contributed by atoms with Crippen LogP contribution in [0.5, 0.6) is 23.0 Å². The van der Waals surface area contributed by atoms with Crippen LogP contribution in [0.3, 0.4) is 0 Å². The Labute approximate surface area is 210 Å². The first-order valence-electron chi connectivity index (χ1n) is 11.9. The molecule has 1 unspecified atom stereocenters. The average Bonchev–Trinajstić information content (AvgIpc) is 2.88. The maximum absolute atomic E-state index is 13.7. The number of hydrogen-bond donors (Lipinski definition) is 1. The number of phenolic OH excluding ortho intramolecular Hbond substituents is 1. The summed E-state index contributed by atoms with van der Waals surface area (Å²) in [5, 5.41) is 10.2. The molecular formula is C28H31NO7. The zero-order chi connectivity index (χ0) is 26.0. The number of Topliss-reactive ketones (excluding diaryl/α,β-unsaturated/α-hetero) is 1. The van der Waals surface area contributed by atoms with Gasteiger partial charge in [0.2, 0.25) is 0 Å². The normalized spacial score (nSPS) is 21.4. The Hall–Kier alpha value is -3.81. The van der Waals surface area contributed by atoms with Gasteiger partial charge in [-0.05, 0) is 61.6 Å². The number of nitrogens with zero attached hydrogens (tertiary/aromatic N) is 1. The first kappa shape index (κ1) is 25.3. The first-order chi connectivity index (χ1) is 17.3. The highest BCUT2D eigenvalue weighted by atomic mass is 16.5. The zero-order valence-corrected chi connectivity index (χ0v) is 21.2. The number of carbonyl (C=O) groups excluding carboxylic acids is 2. The van der Waals surface area contributed by atoms with Crippen LogP contribution < -0.4 is 14.2 Å². The van der Waals surface area contributed by atoms with E-state index in [0.29, 0.717) is 53.5 Å². The van der Waals surface area contributed by atoms with Crippen molar-refractivity contribution in [2.75, 3.05) is 27.9 Å². The van der Waals surface area contributed by atoms with Crippen molar-refractivity contribution < 1.29 is 33.6 Å². The summed E-state index contributed by atoms with van der Waals surface area (Å²) in [7, 11) is 4.48. The summed E-state index contributed by atoms with van der Waals surface area (Å²) in [5.41, 5.74) is 3.24. The molecular weight excluding hydrogens is 462 g/mol. The molecule has 8 nitrogen and oxygen atoms in total. The van der Waals surface area contributed by atoms with Crippen LogP contribution in [0.2, 0.25) is 0 Å². The van der Waals surface area contributed by atoms with Crippen LogP contribution >= 0.6 is 0 Å². The van der Waals surface area contributed by atoms with Crippen molar-refractivity contribution in [3.63, 3.8) is 0 Å². The second-order valence-electron chi connectivity index (χ2n) is 8.90. The zero-order valence-electron chi connectivity index (χ0n) is 21.2. The van der Waals surface area contributed by atoms with Gasteiger partial charge >= 0.3 is 5.97 Å². The highest BCUT2D eigenvalue weighted by molar-refractivity contribution is 6.12. The van der Waals surface area contributed by atoms with Crippen LogP contribution in [-0.4, -0.2) is 50.5 Å². The second kappa shape index (κ2) is 10.4. The monoisotopic (exact) mass is 493 g/mol. The third-order valence-corrected chi connectivity index (χ3v) is 6.88. The molecule has 1 N–H and O–H groups in total. The van der Waals surface area contributed by atoms with Crippen LogP contribution in [0.1, 0.15) is 49.7 Å². The Morgan fingerprint density at radius 2 is 1.67 bits per heavy atom. The number of aromatic hydroxyl groups is 1. The lowest BCUT2D eigenvalue weighted by Gasteiger charge is -2.38. The molecule has 0 saturated heterocycles. The SMILES string of the molecule is CCOc1cc([C@H]2C(C(=O)OC)=C(C)N=C3C[C@H](c4ccc(OC)c(OC)c4)CC(=O)C32)ccc1O. The Morgan fingerprint density at radius 3 is 2.33 bits per heavy atom. The highest BCUT2D eigenvalue weighted by Crippen LogP contribution is 2.47. The minimum Gasteiger partial charge on any atom is -0.504 e. The lowest BCUT2D eigenvalue weighted by Crippen LogP contribution is -2.41. The third kappa shape index (κ3) is 4.55. The van der Waals surface area contributed by atoms with Crippen LogP contribution in [0.15, 0.2) is 52.7 Å². The van der Waals surface area contributed by atoms with Crippen LogP contribution in [-0.2, 0) is 14.3 Å². The third-order valence-electron chi connectivity index (χ3n) is 6.88. The maximum atomic E-state index is 13.7. The van der Waals surface area contributed by atoms with Crippen LogP contribution in [0, 0.1) is 5.92 Å². The number of methoxy groups -OCH3 is 3. The molecule has 2 aromatic rings. The lowest BCUT2D eigenvalue weighted by molar-refractivity contribution is -0.136. The van der Waals surface area contributed by atoms with Crippen LogP contribution in [0.4, 0.5) is 0 Å². The number of aliphatic imine (C=N–C) groups is 1. The van der Waals surface area contributed by atoms with Crippen molar-refractivity contribution in [2.45, 2.75) is 38.5 Å². The minimum absolute atomic E-state index is 0.00546. The van der Waals surface area contributed by atoms with Gasteiger partial charge in [-0.15, -0.1) is 0 Å². The number of ketones is 1. The van der Waals surface area contributed by atoms with Gasteiger partial charge in [0, 0.05) is 23.7 Å². The van der Waals surface area contributed by atoms with E-state index in [9.17, 15) is 14.7 Å². The fraction of sp³-hybridized carbons (Fsp3) is 0.393. The molecule has 1 fully saturated rings. The smallest absolute Gasteiger partial charge is 0.336 e. The number of esters is 1. The minimum atomic E-state index is -0.613. The highest BCUT2D eigenvalue weighted by Gasteiger charge is 2.46. The molecule has 190 valence electrons. The summed E-state index contributed by atoms with van der Waals surface area (Å²) in [6.45, 7) is 3.94. The van der Waals surface area contributed by atoms with Gasteiger partial charge in [-0.25, -0.2) is 4.79 Å². The van der Waals surface area contributed by atoms with Crippen molar-refractivity contribution in [3.8, 4) is 23.0 Å². The Kier molecular flexibility index (Phi) is 7.33. The van der Waals surface area contributed by atoms with Gasteiger partial charge in [-0.2, -0.15) is 0 Å². The molecule has 1 aliphatic carbocycles. The van der Waals surface area contributed by atoms with Gasteiger partial charge in [0.15, 0.2) is 23.0 Å². The fourth-order valence-corrected chi connectivity index (χ4v) is 5.25. The van der Waals surface area contributed by atoms with E-state index in [4.69, 9.17) is 23.9 Å². The molecule has 1 aliphatic heterocycles. The van der Waals surface area contributed by atoms with Crippen LogP contribution in [0.25, 0.3) is 0 Å². The first-order valence-corrected chi connectivity index (χ1v) is 11.9. The van der Waals surface area contributed by atoms with E-state index < -0.39 is 17.8 Å². The second-order valence-corrected chi connectivity index (χ2v) is 8.90. The Balaban J connectivity index is 1.78. The van der Waals surface area contributed by atoms with Gasteiger partial charge in [-0.1, -0.05) is 12.1 Å². The predicted octanol–water partition coefficient (Wildman–Crippen LogP) is 4.56. The number of phenols is 1. The number of benzene rings is 2. The number of fused-ring (bicyclic) bond motifs is 1. The molecule has 1 heterocycles. The number of carbonyl (C=O) groups is 2. The fourth-order valence-electron chi connectivity index (χ4n) is 5.25. The van der Waals surface area contributed by atoms with Gasteiger partial charge in [0.1, 0.15) is 5.78 Å². The maximum Gasteiger partial charge on any atom is 0.336 e. The molecule has 4 rings (SSSR count). The molecule has 0 spiro atoms. The van der Waals surface area contributed by atoms with E-state index in [1.807, 2.05) is 25.1 Å². The van der Waals surface area contributed by atoms with E-state index in [-0.39, 0.29) is 17.5 Å². The lowest BCUT2D eigenvalue weighted by atomic mass is 9.66.